The first-order chi connectivity index (χ1) is 16.0. The number of rotatable bonds is 13. The number of aliphatic hydroxyl groups excluding tert-OH is 1. The molecule has 1 N–H and O–H groups in total. The van der Waals surface area contributed by atoms with E-state index in [0.29, 0.717) is 38.5 Å². The minimum absolute atomic E-state index is 0.439. The van der Waals surface area contributed by atoms with Crippen LogP contribution in [0.15, 0.2) is 67.3 Å². The molecule has 0 aliphatic rings. The van der Waals surface area contributed by atoms with Gasteiger partial charge in [0.25, 0.3) is 0 Å². The number of allylic oxidation sites excluding steroid dienone is 1. The average Bonchev–Trinajstić information content (AvgIpc) is 3.13. The van der Waals surface area contributed by atoms with Gasteiger partial charge in [0.2, 0.25) is 5.88 Å². The van der Waals surface area contributed by atoms with E-state index in [-0.39, 0.29) is 0 Å². The summed E-state index contributed by atoms with van der Waals surface area (Å²) in [6.07, 6.45) is 2.86. The van der Waals surface area contributed by atoms with Crippen molar-refractivity contribution in [1.82, 2.24) is 14.7 Å². The molecule has 33 heavy (non-hydrogen) atoms. The molecular weight excluding hydrogens is 414 g/mol. The maximum atomic E-state index is 10.5. The summed E-state index contributed by atoms with van der Waals surface area (Å²) < 4.78 is 13.6. The first-order valence-corrected chi connectivity index (χ1v) is 11.4. The van der Waals surface area contributed by atoms with Crippen LogP contribution in [-0.2, 0) is 11.3 Å². The molecule has 0 amide bonds. The molecule has 1 heterocycles. The van der Waals surface area contributed by atoms with Crippen LogP contribution in [0, 0.1) is 13.8 Å². The van der Waals surface area contributed by atoms with Gasteiger partial charge in [-0.05, 0) is 51.0 Å². The van der Waals surface area contributed by atoms with Crippen molar-refractivity contribution in [2.45, 2.75) is 39.3 Å². The highest BCUT2D eigenvalue weighted by Crippen LogP contribution is 2.32. The number of hydrogen-bond acceptors (Lipinski definition) is 5. The Labute approximate surface area is 197 Å². The Bertz CT molecular complexity index is 999. The lowest BCUT2D eigenvalue weighted by atomic mass is 10.1. The standard InChI is InChI=1S/C27H35N3O3/c1-5-6-12-24(31)19-29(17-18-32-4)20-26-22(3)28-30(23-10-8-7-9-11-23)27(26)33-25-15-13-21(2)14-16-25/h5,7-11,13-16,24,31H,1,6,12,17-20H2,2-4H3/t24-/m1/s1. The van der Waals surface area contributed by atoms with Crippen LogP contribution < -0.4 is 4.74 Å². The summed E-state index contributed by atoms with van der Waals surface area (Å²) in [5.74, 6) is 1.44. The van der Waals surface area contributed by atoms with Crippen molar-refractivity contribution >= 4 is 0 Å². The smallest absolute Gasteiger partial charge is 0.227 e. The molecule has 6 nitrogen and oxygen atoms in total. The van der Waals surface area contributed by atoms with Crippen LogP contribution in [-0.4, -0.2) is 52.7 Å². The van der Waals surface area contributed by atoms with Gasteiger partial charge in [-0.15, -0.1) is 6.58 Å². The van der Waals surface area contributed by atoms with Gasteiger partial charge in [-0.1, -0.05) is 42.0 Å². The summed E-state index contributed by atoms with van der Waals surface area (Å²) in [5.41, 5.74) is 3.99. The molecular formula is C27H35N3O3. The first kappa shape index (κ1) is 24.7. The molecule has 1 aromatic heterocycles. The SMILES string of the molecule is C=CCC[C@@H](O)CN(CCOC)Cc1c(C)nn(-c2ccccc2)c1Oc1ccc(C)cc1. The molecule has 0 aliphatic carbocycles. The van der Waals surface area contributed by atoms with Crippen LogP contribution in [0.2, 0.25) is 0 Å². The van der Waals surface area contributed by atoms with E-state index in [1.165, 1.54) is 5.56 Å². The summed E-state index contributed by atoms with van der Waals surface area (Å²) in [6.45, 7) is 10.2. The second kappa shape index (κ2) is 12.3. The van der Waals surface area contributed by atoms with Crippen molar-refractivity contribution in [3.8, 4) is 17.3 Å². The van der Waals surface area contributed by atoms with Crippen molar-refractivity contribution in [3.63, 3.8) is 0 Å². The van der Waals surface area contributed by atoms with Gasteiger partial charge >= 0.3 is 0 Å². The van der Waals surface area contributed by atoms with Gasteiger partial charge in [0.1, 0.15) is 5.75 Å². The van der Waals surface area contributed by atoms with Crippen molar-refractivity contribution in [2.24, 2.45) is 0 Å². The van der Waals surface area contributed by atoms with Gasteiger partial charge in [0.05, 0.1) is 29.7 Å². The highest BCUT2D eigenvalue weighted by molar-refractivity contribution is 5.43. The zero-order valence-corrected chi connectivity index (χ0v) is 19.9. The molecule has 3 rings (SSSR count). The second-order valence-electron chi connectivity index (χ2n) is 8.28. The summed E-state index contributed by atoms with van der Waals surface area (Å²) in [5, 5.41) is 15.3. The molecule has 176 valence electrons. The summed E-state index contributed by atoms with van der Waals surface area (Å²) in [7, 11) is 1.69. The van der Waals surface area contributed by atoms with E-state index >= 15 is 0 Å². The second-order valence-corrected chi connectivity index (χ2v) is 8.28. The Morgan fingerprint density at radius 2 is 1.85 bits per heavy atom. The maximum Gasteiger partial charge on any atom is 0.227 e. The molecule has 3 aromatic rings. The van der Waals surface area contributed by atoms with E-state index in [2.05, 4.69) is 18.4 Å². The van der Waals surface area contributed by atoms with Crippen LogP contribution >= 0.6 is 0 Å². The van der Waals surface area contributed by atoms with Crippen molar-refractivity contribution in [1.29, 1.82) is 0 Å². The fourth-order valence-corrected chi connectivity index (χ4v) is 3.67. The maximum absolute atomic E-state index is 10.5. The predicted molar refractivity (Wildman–Crippen MR) is 132 cm³/mol. The predicted octanol–water partition coefficient (Wildman–Crippen LogP) is 5.06. The van der Waals surface area contributed by atoms with Crippen LogP contribution in [0.1, 0.15) is 29.7 Å². The highest BCUT2D eigenvalue weighted by Gasteiger charge is 2.22. The lowest BCUT2D eigenvalue weighted by molar-refractivity contribution is 0.0804. The average molecular weight is 450 g/mol. The number of benzene rings is 2. The monoisotopic (exact) mass is 449 g/mol. The number of aliphatic hydroxyl groups is 1. The summed E-state index contributed by atoms with van der Waals surface area (Å²) >= 11 is 0. The fraction of sp³-hybridized carbons (Fsp3) is 0.370. The first-order valence-electron chi connectivity index (χ1n) is 11.4. The van der Waals surface area contributed by atoms with Crippen LogP contribution in [0.25, 0.3) is 5.69 Å². The normalized spacial score (nSPS) is 12.2. The number of methoxy groups -OCH3 is 1. The summed E-state index contributed by atoms with van der Waals surface area (Å²) in [4.78, 5) is 2.19. The molecule has 0 unspecified atom stereocenters. The molecule has 0 saturated heterocycles. The van der Waals surface area contributed by atoms with E-state index in [4.69, 9.17) is 14.6 Å². The van der Waals surface area contributed by atoms with Gasteiger partial charge < -0.3 is 14.6 Å². The lowest BCUT2D eigenvalue weighted by Crippen LogP contribution is -2.34. The third-order valence-electron chi connectivity index (χ3n) is 5.54. The third kappa shape index (κ3) is 7.02. The van der Waals surface area contributed by atoms with Gasteiger partial charge in [-0.2, -0.15) is 5.10 Å². The molecule has 0 bridgehead atoms. The Hall–Kier alpha value is -2.93. The molecule has 0 spiro atoms. The van der Waals surface area contributed by atoms with E-state index in [1.54, 1.807) is 7.11 Å². The van der Waals surface area contributed by atoms with Crippen LogP contribution in [0.4, 0.5) is 0 Å². The quantitative estimate of drug-likeness (QED) is 0.370. The molecule has 1 atom stereocenters. The van der Waals surface area contributed by atoms with Gasteiger partial charge in [-0.25, -0.2) is 4.68 Å². The molecule has 0 fully saturated rings. The van der Waals surface area contributed by atoms with E-state index in [0.717, 1.165) is 29.1 Å². The largest absolute Gasteiger partial charge is 0.439 e. The topological polar surface area (TPSA) is 59.8 Å². The van der Waals surface area contributed by atoms with Gasteiger partial charge in [0.15, 0.2) is 0 Å². The number of aromatic nitrogens is 2. The van der Waals surface area contributed by atoms with E-state index < -0.39 is 6.10 Å². The van der Waals surface area contributed by atoms with E-state index in [9.17, 15) is 5.11 Å². The highest BCUT2D eigenvalue weighted by atomic mass is 16.5. The molecule has 6 heteroatoms. The number of para-hydroxylation sites is 1. The van der Waals surface area contributed by atoms with Gasteiger partial charge in [0, 0.05) is 26.7 Å². The molecule has 0 radical (unpaired) electrons. The zero-order chi connectivity index (χ0) is 23.6. The minimum Gasteiger partial charge on any atom is -0.439 e. The van der Waals surface area contributed by atoms with Gasteiger partial charge in [-0.3, -0.25) is 4.90 Å². The van der Waals surface area contributed by atoms with Crippen LogP contribution in [0.5, 0.6) is 11.6 Å². The number of hydrogen-bond donors (Lipinski definition) is 1. The number of nitrogens with zero attached hydrogens (tertiary/aromatic N) is 3. The molecule has 0 saturated carbocycles. The Kier molecular flexibility index (Phi) is 9.24. The Balaban J connectivity index is 1.94. The van der Waals surface area contributed by atoms with Crippen molar-refractivity contribution in [3.05, 3.63) is 84.1 Å². The van der Waals surface area contributed by atoms with Crippen LogP contribution in [0.3, 0.4) is 0 Å². The van der Waals surface area contributed by atoms with E-state index in [1.807, 2.05) is 72.3 Å². The number of aryl methyl sites for hydroxylation is 2. The minimum atomic E-state index is -0.439. The van der Waals surface area contributed by atoms with Crippen molar-refractivity contribution in [2.75, 3.05) is 26.8 Å². The molecule has 2 aromatic carbocycles. The molecule has 0 aliphatic heterocycles. The summed E-state index contributed by atoms with van der Waals surface area (Å²) in [6, 6.07) is 18.0. The third-order valence-corrected chi connectivity index (χ3v) is 5.54. The van der Waals surface area contributed by atoms with Crippen molar-refractivity contribution < 1.29 is 14.6 Å². The number of ether oxygens (including phenoxy) is 2. The Morgan fingerprint density at radius 1 is 1.12 bits per heavy atom. The Morgan fingerprint density at radius 3 is 2.52 bits per heavy atom. The fourth-order valence-electron chi connectivity index (χ4n) is 3.67. The lowest BCUT2D eigenvalue weighted by Gasteiger charge is -2.25. The zero-order valence-electron chi connectivity index (χ0n) is 19.9.